The molecule has 0 aliphatic heterocycles. The molecule has 1 fully saturated rings. The summed E-state index contributed by atoms with van der Waals surface area (Å²) in [5.74, 6) is 1.49. The fourth-order valence-electron chi connectivity index (χ4n) is 2.92. The number of hydrogen-bond donors (Lipinski definition) is 0. The first kappa shape index (κ1) is 10.1. The third-order valence-corrected chi connectivity index (χ3v) is 4.65. The van der Waals surface area contributed by atoms with Crippen molar-refractivity contribution < 1.29 is 4.79 Å². The Morgan fingerprint density at radius 3 is 2.88 bits per heavy atom. The molecule has 3 heteroatoms. The van der Waals surface area contributed by atoms with E-state index in [-0.39, 0.29) is 5.91 Å². The van der Waals surface area contributed by atoms with Crippen LogP contribution in [0.2, 0.25) is 0 Å². The minimum Gasteiger partial charge on any atom is -0.337 e. The van der Waals surface area contributed by atoms with Gasteiger partial charge in [0, 0.05) is 13.1 Å². The van der Waals surface area contributed by atoms with E-state index in [2.05, 4.69) is 12.2 Å². The Labute approximate surface area is 99.6 Å². The minimum atomic E-state index is 0.181. The van der Waals surface area contributed by atoms with E-state index in [1.807, 2.05) is 29.5 Å². The van der Waals surface area contributed by atoms with Gasteiger partial charge in [0.25, 0.3) is 5.91 Å². The maximum Gasteiger partial charge on any atom is 0.263 e. The molecule has 1 aromatic rings. The third-order valence-electron chi connectivity index (χ3n) is 3.79. The standard InChI is InChI=1S/C13H15NOS/c1-14(13(15)12-3-2-6-16-12)11-8-9-4-5-10(11)7-9/h2-6,9-11H,7-8H2,1H3/t9-,10+,11-/m0/s1. The van der Waals surface area contributed by atoms with Crippen LogP contribution in [-0.2, 0) is 0 Å². The molecule has 3 atom stereocenters. The number of hydrogen-bond acceptors (Lipinski definition) is 2. The highest BCUT2D eigenvalue weighted by Crippen LogP contribution is 2.41. The Morgan fingerprint density at radius 1 is 1.44 bits per heavy atom. The lowest BCUT2D eigenvalue weighted by Gasteiger charge is -2.29. The zero-order valence-corrected chi connectivity index (χ0v) is 10.1. The zero-order valence-electron chi connectivity index (χ0n) is 9.30. The van der Waals surface area contributed by atoms with Gasteiger partial charge in [0.05, 0.1) is 4.88 Å². The lowest BCUT2D eigenvalue weighted by atomic mass is 10.0. The van der Waals surface area contributed by atoms with Gasteiger partial charge in [-0.15, -0.1) is 11.3 Å². The number of thiophene rings is 1. The van der Waals surface area contributed by atoms with Crippen molar-refractivity contribution >= 4 is 17.2 Å². The first-order chi connectivity index (χ1) is 7.75. The molecule has 0 radical (unpaired) electrons. The SMILES string of the molecule is CN(C(=O)c1cccs1)[C@H]1C[C@H]2C=C[C@@H]1C2. The van der Waals surface area contributed by atoms with E-state index >= 15 is 0 Å². The van der Waals surface area contributed by atoms with Crippen LogP contribution < -0.4 is 0 Å². The maximum absolute atomic E-state index is 12.2. The fourth-order valence-corrected chi connectivity index (χ4v) is 3.63. The second-order valence-corrected chi connectivity index (χ2v) is 5.69. The number of amides is 1. The Balaban J connectivity index is 1.76. The highest BCUT2D eigenvalue weighted by Gasteiger charge is 2.39. The number of rotatable bonds is 2. The van der Waals surface area contributed by atoms with E-state index < -0.39 is 0 Å². The van der Waals surface area contributed by atoms with Gasteiger partial charge in [-0.3, -0.25) is 4.79 Å². The molecule has 0 saturated heterocycles. The Hall–Kier alpha value is -1.09. The molecule has 2 aliphatic rings. The summed E-state index contributed by atoms with van der Waals surface area (Å²) in [6, 6.07) is 4.27. The summed E-state index contributed by atoms with van der Waals surface area (Å²) in [6.45, 7) is 0. The third kappa shape index (κ3) is 1.50. The predicted molar refractivity (Wildman–Crippen MR) is 65.6 cm³/mol. The highest BCUT2D eigenvalue weighted by atomic mass is 32.1. The summed E-state index contributed by atoms with van der Waals surface area (Å²) in [5, 5.41) is 1.96. The Morgan fingerprint density at radius 2 is 2.31 bits per heavy atom. The van der Waals surface area contributed by atoms with Gasteiger partial charge in [-0.25, -0.2) is 0 Å². The topological polar surface area (TPSA) is 20.3 Å². The normalized spacial score (nSPS) is 30.9. The maximum atomic E-state index is 12.2. The second-order valence-electron chi connectivity index (χ2n) is 4.74. The fraction of sp³-hybridized carbons (Fsp3) is 0.462. The van der Waals surface area contributed by atoms with Crippen molar-refractivity contribution in [2.75, 3.05) is 7.05 Å². The van der Waals surface area contributed by atoms with E-state index in [1.54, 1.807) is 0 Å². The minimum absolute atomic E-state index is 0.181. The summed E-state index contributed by atoms with van der Waals surface area (Å²) in [5.41, 5.74) is 0. The van der Waals surface area contributed by atoms with Crippen molar-refractivity contribution in [3.63, 3.8) is 0 Å². The van der Waals surface area contributed by atoms with E-state index in [4.69, 9.17) is 0 Å². The van der Waals surface area contributed by atoms with Crippen molar-refractivity contribution in [2.24, 2.45) is 11.8 Å². The van der Waals surface area contributed by atoms with Crippen LogP contribution in [0, 0.1) is 11.8 Å². The molecule has 84 valence electrons. The van der Waals surface area contributed by atoms with Crippen molar-refractivity contribution in [1.29, 1.82) is 0 Å². The van der Waals surface area contributed by atoms with Crippen LogP contribution in [0.25, 0.3) is 0 Å². The van der Waals surface area contributed by atoms with Crippen LogP contribution in [0.15, 0.2) is 29.7 Å². The summed E-state index contributed by atoms with van der Waals surface area (Å²) in [6.07, 6.45) is 6.99. The second kappa shape index (κ2) is 3.74. The molecule has 1 aromatic heterocycles. The average molecular weight is 233 g/mol. The van der Waals surface area contributed by atoms with E-state index in [0.717, 1.165) is 11.3 Å². The van der Waals surface area contributed by atoms with Gasteiger partial charge >= 0.3 is 0 Å². The largest absolute Gasteiger partial charge is 0.337 e. The smallest absolute Gasteiger partial charge is 0.263 e. The van der Waals surface area contributed by atoms with Gasteiger partial charge in [-0.2, -0.15) is 0 Å². The van der Waals surface area contributed by atoms with Crippen molar-refractivity contribution in [1.82, 2.24) is 4.90 Å². The van der Waals surface area contributed by atoms with Gasteiger partial charge in [0.15, 0.2) is 0 Å². The van der Waals surface area contributed by atoms with E-state index in [9.17, 15) is 4.79 Å². The molecule has 0 spiro atoms. The van der Waals surface area contributed by atoms with Crippen LogP contribution in [0.3, 0.4) is 0 Å². The molecule has 2 bridgehead atoms. The molecule has 1 saturated carbocycles. The molecule has 1 heterocycles. The van der Waals surface area contributed by atoms with Gasteiger partial charge in [-0.1, -0.05) is 18.2 Å². The molecule has 0 aromatic carbocycles. The molecule has 2 aliphatic carbocycles. The number of carbonyl (C=O) groups excluding carboxylic acids is 1. The van der Waals surface area contributed by atoms with Gasteiger partial charge in [-0.05, 0) is 36.1 Å². The summed E-state index contributed by atoms with van der Waals surface area (Å²) < 4.78 is 0. The number of carbonyl (C=O) groups is 1. The zero-order chi connectivity index (χ0) is 11.1. The van der Waals surface area contributed by atoms with Crippen LogP contribution in [0.4, 0.5) is 0 Å². The molecule has 1 amide bonds. The lowest BCUT2D eigenvalue weighted by Crippen LogP contribution is -2.39. The predicted octanol–water partition coefficient (Wildman–Crippen LogP) is 2.78. The molecule has 2 nitrogen and oxygen atoms in total. The molecule has 3 rings (SSSR count). The summed E-state index contributed by atoms with van der Waals surface area (Å²) in [7, 11) is 1.95. The first-order valence-electron chi connectivity index (χ1n) is 5.74. The number of nitrogens with zero attached hydrogens (tertiary/aromatic N) is 1. The molecule has 16 heavy (non-hydrogen) atoms. The lowest BCUT2D eigenvalue weighted by molar-refractivity contribution is 0.0714. The average Bonchev–Trinajstić information content (AvgIpc) is 3.02. The van der Waals surface area contributed by atoms with Crippen molar-refractivity contribution in [3.8, 4) is 0 Å². The van der Waals surface area contributed by atoms with Gasteiger partial charge in [0.1, 0.15) is 0 Å². The highest BCUT2D eigenvalue weighted by molar-refractivity contribution is 7.12. The molecular weight excluding hydrogens is 218 g/mol. The Bertz CT molecular complexity index is 423. The Kier molecular flexibility index (Phi) is 2.36. The van der Waals surface area contributed by atoms with Crippen LogP contribution in [-0.4, -0.2) is 23.9 Å². The molecular formula is C13H15NOS. The van der Waals surface area contributed by atoms with Crippen molar-refractivity contribution in [2.45, 2.75) is 18.9 Å². The van der Waals surface area contributed by atoms with Crippen molar-refractivity contribution in [3.05, 3.63) is 34.5 Å². The first-order valence-corrected chi connectivity index (χ1v) is 6.62. The molecule has 0 unspecified atom stereocenters. The summed E-state index contributed by atoms with van der Waals surface area (Å²) in [4.78, 5) is 15.0. The molecule has 0 N–H and O–H groups in total. The summed E-state index contributed by atoms with van der Waals surface area (Å²) >= 11 is 1.53. The van der Waals surface area contributed by atoms with Gasteiger partial charge < -0.3 is 4.90 Å². The number of allylic oxidation sites excluding steroid dienone is 1. The monoisotopic (exact) mass is 233 g/mol. The quantitative estimate of drug-likeness (QED) is 0.719. The number of fused-ring (bicyclic) bond motifs is 2. The van der Waals surface area contributed by atoms with Gasteiger partial charge in [0.2, 0.25) is 0 Å². The van der Waals surface area contributed by atoms with E-state index in [0.29, 0.717) is 17.9 Å². The van der Waals surface area contributed by atoms with Crippen LogP contribution >= 0.6 is 11.3 Å². The van der Waals surface area contributed by atoms with Crippen LogP contribution in [0.1, 0.15) is 22.5 Å². The van der Waals surface area contributed by atoms with Crippen LogP contribution in [0.5, 0.6) is 0 Å². The van der Waals surface area contributed by atoms with E-state index in [1.165, 1.54) is 17.8 Å².